The Morgan fingerprint density at radius 3 is 2.50 bits per heavy atom. The van der Waals surface area contributed by atoms with Crippen molar-refractivity contribution in [3.8, 4) is 5.75 Å². The van der Waals surface area contributed by atoms with E-state index in [9.17, 15) is 13.5 Å². The van der Waals surface area contributed by atoms with Gasteiger partial charge in [-0.2, -0.15) is 4.31 Å². The number of nitrogens with zero attached hydrogens (tertiary/aromatic N) is 1. The van der Waals surface area contributed by atoms with Crippen LogP contribution in [-0.2, 0) is 10.0 Å². The number of benzene rings is 1. The molecule has 0 bridgehead atoms. The molecule has 112 valence electrons. The van der Waals surface area contributed by atoms with Crippen LogP contribution in [0.4, 0.5) is 0 Å². The molecule has 0 spiro atoms. The van der Waals surface area contributed by atoms with E-state index in [1.807, 2.05) is 6.92 Å². The van der Waals surface area contributed by atoms with Crippen LogP contribution in [0.25, 0.3) is 0 Å². The molecule has 5 nitrogen and oxygen atoms in total. The van der Waals surface area contributed by atoms with E-state index in [1.165, 1.54) is 4.31 Å². The summed E-state index contributed by atoms with van der Waals surface area (Å²) in [5, 5.41) is 9.89. The number of aliphatic hydroxyl groups is 1. The highest BCUT2D eigenvalue weighted by Gasteiger charge is 2.38. The van der Waals surface area contributed by atoms with Crippen molar-refractivity contribution >= 4 is 10.0 Å². The smallest absolute Gasteiger partial charge is 0.243 e. The summed E-state index contributed by atoms with van der Waals surface area (Å²) in [7, 11) is -3.53. The van der Waals surface area contributed by atoms with Crippen LogP contribution in [0.3, 0.4) is 0 Å². The number of rotatable bonds is 5. The standard InChI is InChI=1S/C14H21NO4S/c1-3-10-19-12-4-6-13(7-5-12)20(17,18)15-9-8-14(2,16)11-15/h4-7,16H,3,8-11H2,1-2H3. The van der Waals surface area contributed by atoms with E-state index in [0.29, 0.717) is 25.3 Å². The molecule has 0 saturated carbocycles. The summed E-state index contributed by atoms with van der Waals surface area (Å²) >= 11 is 0. The van der Waals surface area contributed by atoms with Crippen LogP contribution >= 0.6 is 0 Å². The minimum absolute atomic E-state index is 0.142. The van der Waals surface area contributed by atoms with Crippen molar-refractivity contribution in [3.05, 3.63) is 24.3 Å². The van der Waals surface area contributed by atoms with Crippen LogP contribution in [-0.4, -0.2) is 43.1 Å². The summed E-state index contributed by atoms with van der Waals surface area (Å²) in [6.45, 7) is 4.77. The van der Waals surface area contributed by atoms with Crippen molar-refractivity contribution < 1.29 is 18.3 Å². The second-order valence-electron chi connectivity index (χ2n) is 5.41. The Kier molecular flexibility index (Phi) is 4.36. The summed E-state index contributed by atoms with van der Waals surface area (Å²) in [4.78, 5) is 0.235. The second kappa shape index (κ2) is 5.71. The lowest BCUT2D eigenvalue weighted by molar-refractivity contribution is 0.0762. The van der Waals surface area contributed by atoms with Gasteiger partial charge in [0.25, 0.3) is 0 Å². The maximum atomic E-state index is 12.4. The fourth-order valence-electron chi connectivity index (χ4n) is 2.19. The van der Waals surface area contributed by atoms with Gasteiger partial charge < -0.3 is 9.84 Å². The second-order valence-corrected chi connectivity index (χ2v) is 7.34. The van der Waals surface area contributed by atoms with E-state index < -0.39 is 15.6 Å². The largest absolute Gasteiger partial charge is 0.494 e. The van der Waals surface area contributed by atoms with Crippen molar-refractivity contribution in [2.75, 3.05) is 19.7 Å². The van der Waals surface area contributed by atoms with Crippen molar-refractivity contribution in [1.29, 1.82) is 0 Å². The Labute approximate surface area is 120 Å². The molecular formula is C14H21NO4S. The molecule has 6 heteroatoms. The zero-order chi connectivity index (χ0) is 14.8. The SMILES string of the molecule is CCCOc1ccc(S(=O)(=O)N2CCC(C)(O)C2)cc1. The molecule has 0 aliphatic carbocycles. The molecule has 1 atom stereocenters. The molecule has 1 aliphatic heterocycles. The van der Waals surface area contributed by atoms with Gasteiger partial charge in [0.15, 0.2) is 0 Å². The highest BCUT2D eigenvalue weighted by atomic mass is 32.2. The first kappa shape index (κ1) is 15.3. The lowest BCUT2D eigenvalue weighted by Gasteiger charge is -2.19. The molecule has 1 aromatic carbocycles. The van der Waals surface area contributed by atoms with Gasteiger partial charge in [-0.05, 0) is 44.0 Å². The summed E-state index contributed by atoms with van der Waals surface area (Å²) in [5.41, 5.74) is -0.933. The van der Waals surface area contributed by atoms with Crippen LogP contribution in [0.1, 0.15) is 26.7 Å². The normalized spacial score (nSPS) is 23.9. The quantitative estimate of drug-likeness (QED) is 0.897. The lowest BCUT2D eigenvalue weighted by Crippen LogP contribution is -2.33. The first-order valence-electron chi connectivity index (χ1n) is 6.80. The van der Waals surface area contributed by atoms with Gasteiger partial charge in [-0.15, -0.1) is 0 Å². The van der Waals surface area contributed by atoms with Gasteiger partial charge >= 0.3 is 0 Å². The number of β-amino-alcohol motifs (C(OH)–C–C–N with tert-alkyl or cyclic N) is 1. The summed E-state index contributed by atoms with van der Waals surface area (Å²) in [6, 6.07) is 6.42. The molecule has 2 rings (SSSR count). The highest BCUT2D eigenvalue weighted by molar-refractivity contribution is 7.89. The number of hydrogen-bond donors (Lipinski definition) is 1. The molecule has 0 radical (unpaired) electrons. The van der Waals surface area contributed by atoms with Crippen LogP contribution in [0.15, 0.2) is 29.2 Å². The van der Waals surface area contributed by atoms with Crippen LogP contribution in [0.2, 0.25) is 0 Å². The Bertz CT molecular complexity index is 551. The van der Waals surface area contributed by atoms with Crippen LogP contribution < -0.4 is 4.74 Å². The van der Waals surface area contributed by atoms with Crippen LogP contribution in [0.5, 0.6) is 5.75 Å². The highest BCUT2D eigenvalue weighted by Crippen LogP contribution is 2.27. The maximum Gasteiger partial charge on any atom is 0.243 e. The van der Waals surface area contributed by atoms with Crippen molar-refractivity contribution in [1.82, 2.24) is 4.31 Å². The van der Waals surface area contributed by atoms with E-state index in [2.05, 4.69) is 0 Å². The first-order chi connectivity index (χ1) is 9.35. The van der Waals surface area contributed by atoms with E-state index in [-0.39, 0.29) is 11.4 Å². The fraction of sp³-hybridized carbons (Fsp3) is 0.571. The molecule has 1 aromatic rings. The van der Waals surface area contributed by atoms with Gasteiger partial charge in [0, 0.05) is 13.1 Å². The van der Waals surface area contributed by atoms with Gasteiger partial charge in [-0.3, -0.25) is 0 Å². The molecule has 1 aliphatic rings. The first-order valence-corrected chi connectivity index (χ1v) is 8.24. The molecule has 1 saturated heterocycles. The summed E-state index contributed by atoms with van der Waals surface area (Å²) < 4.78 is 31.6. The molecule has 1 N–H and O–H groups in total. The molecule has 0 aromatic heterocycles. The Morgan fingerprint density at radius 2 is 2.00 bits per heavy atom. The van der Waals surface area contributed by atoms with Gasteiger partial charge in [0.2, 0.25) is 10.0 Å². The van der Waals surface area contributed by atoms with Gasteiger partial charge in [0.1, 0.15) is 5.75 Å². The third-order valence-corrected chi connectivity index (χ3v) is 5.21. The molecule has 20 heavy (non-hydrogen) atoms. The van der Waals surface area contributed by atoms with E-state index in [4.69, 9.17) is 4.74 Å². The summed E-state index contributed by atoms with van der Waals surface area (Å²) in [5.74, 6) is 0.666. The van der Waals surface area contributed by atoms with Crippen molar-refractivity contribution in [2.45, 2.75) is 37.2 Å². The van der Waals surface area contributed by atoms with E-state index >= 15 is 0 Å². The zero-order valence-electron chi connectivity index (χ0n) is 11.9. The average molecular weight is 299 g/mol. The minimum atomic E-state index is -3.53. The Morgan fingerprint density at radius 1 is 1.35 bits per heavy atom. The van der Waals surface area contributed by atoms with Gasteiger partial charge in [-0.25, -0.2) is 8.42 Å². The van der Waals surface area contributed by atoms with E-state index in [0.717, 1.165) is 6.42 Å². The van der Waals surface area contributed by atoms with E-state index in [1.54, 1.807) is 31.2 Å². The third kappa shape index (κ3) is 3.31. The molecule has 1 unspecified atom stereocenters. The van der Waals surface area contributed by atoms with Crippen LogP contribution in [0, 0.1) is 0 Å². The Balaban J connectivity index is 2.14. The molecule has 1 heterocycles. The number of ether oxygens (including phenoxy) is 1. The number of hydrogen-bond acceptors (Lipinski definition) is 4. The number of sulfonamides is 1. The average Bonchev–Trinajstić information content (AvgIpc) is 2.78. The zero-order valence-corrected chi connectivity index (χ0v) is 12.7. The predicted octanol–water partition coefficient (Wildman–Crippen LogP) is 1.62. The van der Waals surface area contributed by atoms with Crippen molar-refractivity contribution in [3.63, 3.8) is 0 Å². The summed E-state index contributed by atoms with van der Waals surface area (Å²) in [6.07, 6.45) is 1.37. The van der Waals surface area contributed by atoms with Gasteiger partial charge in [0.05, 0.1) is 17.1 Å². The Hall–Kier alpha value is -1.11. The predicted molar refractivity (Wildman–Crippen MR) is 76.2 cm³/mol. The van der Waals surface area contributed by atoms with Gasteiger partial charge in [-0.1, -0.05) is 6.92 Å². The molecule has 1 fully saturated rings. The maximum absolute atomic E-state index is 12.4. The lowest BCUT2D eigenvalue weighted by atomic mass is 10.1. The molecule has 0 amide bonds. The fourth-order valence-corrected chi connectivity index (χ4v) is 3.74. The van der Waals surface area contributed by atoms with Crippen molar-refractivity contribution in [2.24, 2.45) is 0 Å². The minimum Gasteiger partial charge on any atom is -0.494 e. The topological polar surface area (TPSA) is 66.8 Å². The molecular weight excluding hydrogens is 278 g/mol. The third-order valence-electron chi connectivity index (χ3n) is 3.35. The monoisotopic (exact) mass is 299 g/mol.